The molecule has 112 valence electrons. The van der Waals surface area contributed by atoms with Crippen LogP contribution in [0.5, 0.6) is 0 Å². The first-order valence-electron chi connectivity index (χ1n) is 7.23. The fraction of sp³-hybridized carbons (Fsp3) is 0.562. The van der Waals surface area contributed by atoms with Gasteiger partial charge in [0.25, 0.3) is 0 Å². The Balaban J connectivity index is 2.43. The van der Waals surface area contributed by atoms with Gasteiger partial charge in [0.15, 0.2) is 0 Å². The Morgan fingerprint density at radius 3 is 2.35 bits per heavy atom. The van der Waals surface area contributed by atoms with Crippen LogP contribution in [0.2, 0.25) is 0 Å². The quantitative estimate of drug-likeness (QED) is 0.504. The van der Waals surface area contributed by atoms with Crippen LogP contribution in [0.4, 0.5) is 5.69 Å². The average Bonchev–Trinajstić information content (AvgIpc) is 2.43. The number of hydrogen-bond acceptors (Lipinski definition) is 3. The normalized spacial score (nSPS) is 11.3. The van der Waals surface area contributed by atoms with Crippen molar-refractivity contribution in [3.8, 4) is 0 Å². The van der Waals surface area contributed by atoms with Crippen LogP contribution in [0.1, 0.15) is 45.1 Å². The van der Waals surface area contributed by atoms with E-state index in [2.05, 4.69) is 5.32 Å². The topological polar surface area (TPSA) is 75.3 Å². The molecule has 0 heterocycles. The summed E-state index contributed by atoms with van der Waals surface area (Å²) in [6.45, 7) is 4.76. The lowest BCUT2D eigenvalue weighted by molar-refractivity contribution is -0.125. The number of aliphatic hydroxyl groups is 1. The van der Waals surface area contributed by atoms with Crippen molar-refractivity contribution in [1.82, 2.24) is 5.32 Å². The van der Waals surface area contributed by atoms with Crippen LogP contribution in [-0.4, -0.2) is 24.2 Å². The maximum Gasteiger partial charge on any atom is 0.230 e. The van der Waals surface area contributed by atoms with E-state index in [-0.39, 0.29) is 12.5 Å². The van der Waals surface area contributed by atoms with Gasteiger partial charge >= 0.3 is 0 Å². The number of benzene rings is 1. The third-order valence-corrected chi connectivity index (χ3v) is 3.57. The number of amides is 1. The Kier molecular flexibility index (Phi) is 6.52. The summed E-state index contributed by atoms with van der Waals surface area (Å²) in [5.74, 6) is 0.0319. The van der Waals surface area contributed by atoms with Gasteiger partial charge in [-0.2, -0.15) is 0 Å². The lowest BCUT2D eigenvalue weighted by Gasteiger charge is -2.24. The van der Waals surface area contributed by atoms with Crippen molar-refractivity contribution in [1.29, 1.82) is 0 Å². The monoisotopic (exact) mass is 278 g/mol. The summed E-state index contributed by atoms with van der Waals surface area (Å²) in [6, 6.07) is 7.44. The molecule has 1 rings (SSSR count). The Morgan fingerprint density at radius 2 is 1.75 bits per heavy atom. The summed E-state index contributed by atoms with van der Waals surface area (Å²) >= 11 is 0. The molecule has 1 amide bonds. The second-order valence-electron chi connectivity index (χ2n) is 5.64. The molecule has 4 nitrogen and oxygen atoms in total. The van der Waals surface area contributed by atoms with E-state index in [1.807, 2.05) is 38.1 Å². The van der Waals surface area contributed by atoms with Gasteiger partial charge in [-0.3, -0.25) is 4.79 Å². The highest BCUT2D eigenvalue weighted by atomic mass is 16.2. The van der Waals surface area contributed by atoms with E-state index in [4.69, 9.17) is 10.8 Å². The highest BCUT2D eigenvalue weighted by Crippen LogP contribution is 2.24. The lowest BCUT2D eigenvalue weighted by Crippen LogP contribution is -2.40. The van der Waals surface area contributed by atoms with Crippen molar-refractivity contribution in [2.45, 2.75) is 44.9 Å². The second kappa shape index (κ2) is 7.90. The van der Waals surface area contributed by atoms with Crippen LogP contribution in [-0.2, 0) is 10.2 Å². The van der Waals surface area contributed by atoms with Crippen LogP contribution in [0.3, 0.4) is 0 Å². The van der Waals surface area contributed by atoms with E-state index in [0.717, 1.165) is 31.2 Å². The number of aliphatic hydroxyl groups excluding tert-OH is 1. The molecule has 0 fully saturated rings. The van der Waals surface area contributed by atoms with E-state index in [9.17, 15) is 4.79 Å². The van der Waals surface area contributed by atoms with E-state index >= 15 is 0 Å². The van der Waals surface area contributed by atoms with E-state index < -0.39 is 5.41 Å². The SMILES string of the molecule is CC(C)(C(=O)NCCCCCCO)c1ccc(N)cc1. The molecule has 0 unspecified atom stereocenters. The molecule has 0 saturated heterocycles. The van der Waals surface area contributed by atoms with Crippen LogP contribution in [0.25, 0.3) is 0 Å². The minimum Gasteiger partial charge on any atom is -0.399 e. The molecule has 1 aromatic rings. The summed E-state index contributed by atoms with van der Waals surface area (Å²) in [6.07, 6.45) is 3.82. The molecule has 1 aromatic carbocycles. The molecule has 0 saturated carbocycles. The molecule has 4 N–H and O–H groups in total. The summed E-state index contributed by atoms with van der Waals surface area (Å²) in [5, 5.41) is 11.7. The van der Waals surface area contributed by atoms with Crippen molar-refractivity contribution in [3.63, 3.8) is 0 Å². The van der Waals surface area contributed by atoms with Crippen LogP contribution >= 0.6 is 0 Å². The highest BCUT2D eigenvalue weighted by Gasteiger charge is 2.29. The predicted octanol–water partition coefficient (Wildman–Crippen LogP) is 2.22. The Bertz CT molecular complexity index is 413. The van der Waals surface area contributed by atoms with Gasteiger partial charge in [0.05, 0.1) is 5.41 Å². The average molecular weight is 278 g/mol. The van der Waals surface area contributed by atoms with E-state index in [1.165, 1.54) is 0 Å². The molecule has 0 radical (unpaired) electrons. The third-order valence-electron chi connectivity index (χ3n) is 3.57. The second-order valence-corrected chi connectivity index (χ2v) is 5.64. The summed E-state index contributed by atoms with van der Waals surface area (Å²) < 4.78 is 0. The molecule has 0 aromatic heterocycles. The number of nitrogens with one attached hydrogen (secondary N) is 1. The number of unbranched alkanes of at least 4 members (excludes halogenated alkanes) is 3. The molecule has 0 atom stereocenters. The third kappa shape index (κ3) is 4.85. The van der Waals surface area contributed by atoms with Gasteiger partial charge in [-0.05, 0) is 44.4 Å². The van der Waals surface area contributed by atoms with Gasteiger partial charge in [0, 0.05) is 18.8 Å². The van der Waals surface area contributed by atoms with Crippen molar-refractivity contribution < 1.29 is 9.90 Å². The Morgan fingerprint density at radius 1 is 1.15 bits per heavy atom. The molecule has 0 aliphatic heterocycles. The van der Waals surface area contributed by atoms with Crippen LogP contribution in [0, 0.1) is 0 Å². The predicted molar refractivity (Wildman–Crippen MR) is 82.4 cm³/mol. The Hall–Kier alpha value is -1.55. The number of carbonyl (C=O) groups is 1. The smallest absolute Gasteiger partial charge is 0.230 e. The van der Waals surface area contributed by atoms with Gasteiger partial charge in [-0.25, -0.2) is 0 Å². The highest BCUT2D eigenvalue weighted by molar-refractivity contribution is 5.87. The largest absolute Gasteiger partial charge is 0.399 e. The van der Waals surface area contributed by atoms with Crippen LogP contribution in [0.15, 0.2) is 24.3 Å². The zero-order valence-electron chi connectivity index (χ0n) is 12.5. The summed E-state index contributed by atoms with van der Waals surface area (Å²) in [7, 11) is 0. The lowest BCUT2D eigenvalue weighted by atomic mass is 9.83. The first-order chi connectivity index (χ1) is 9.48. The number of rotatable bonds is 8. The number of anilines is 1. The molecular formula is C16H26N2O2. The van der Waals surface area contributed by atoms with Crippen molar-refractivity contribution in [2.24, 2.45) is 0 Å². The molecular weight excluding hydrogens is 252 g/mol. The standard InChI is InChI=1S/C16H26N2O2/c1-16(2,13-7-9-14(17)10-8-13)15(20)18-11-5-3-4-6-12-19/h7-10,19H,3-6,11-12,17H2,1-2H3,(H,18,20). The van der Waals surface area contributed by atoms with Crippen molar-refractivity contribution >= 4 is 11.6 Å². The number of carbonyl (C=O) groups excluding carboxylic acids is 1. The van der Waals surface area contributed by atoms with Gasteiger partial charge in [0.1, 0.15) is 0 Å². The van der Waals surface area contributed by atoms with Gasteiger partial charge in [-0.1, -0.05) is 25.0 Å². The molecule has 20 heavy (non-hydrogen) atoms. The fourth-order valence-corrected chi connectivity index (χ4v) is 2.04. The minimum atomic E-state index is -0.557. The van der Waals surface area contributed by atoms with E-state index in [1.54, 1.807) is 0 Å². The van der Waals surface area contributed by atoms with Crippen molar-refractivity contribution in [2.75, 3.05) is 18.9 Å². The zero-order valence-corrected chi connectivity index (χ0v) is 12.5. The molecule has 0 bridgehead atoms. The number of nitrogen functional groups attached to an aromatic ring is 1. The zero-order chi connectivity index (χ0) is 15.0. The first-order valence-corrected chi connectivity index (χ1v) is 7.23. The summed E-state index contributed by atoms with van der Waals surface area (Å²) in [4.78, 5) is 12.3. The Labute approximate surface area is 121 Å². The maximum absolute atomic E-state index is 12.3. The maximum atomic E-state index is 12.3. The van der Waals surface area contributed by atoms with Gasteiger partial charge < -0.3 is 16.2 Å². The van der Waals surface area contributed by atoms with Gasteiger partial charge in [-0.15, -0.1) is 0 Å². The van der Waals surface area contributed by atoms with Gasteiger partial charge in [0.2, 0.25) is 5.91 Å². The minimum absolute atomic E-state index is 0.0319. The first kappa shape index (κ1) is 16.5. The van der Waals surface area contributed by atoms with Crippen molar-refractivity contribution in [3.05, 3.63) is 29.8 Å². The summed E-state index contributed by atoms with van der Waals surface area (Å²) in [5.41, 5.74) is 6.77. The molecule has 0 aliphatic carbocycles. The number of nitrogens with two attached hydrogens (primary N) is 1. The molecule has 0 spiro atoms. The van der Waals surface area contributed by atoms with E-state index in [0.29, 0.717) is 12.2 Å². The number of hydrogen-bond donors (Lipinski definition) is 3. The molecule has 0 aliphatic rings. The molecule has 4 heteroatoms. The fourth-order valence-electron chi connectivity index (χ4n) is 2.04. The van der Waals surface area contributed by atoms with Crippen LogP contribution < -0.4 is 11.1 Å².